The molecule has 1 aliphatic rings. The molecule has 0 bridgehead atoms. The monoisotopic (exact) mass is 396 g/mol. The lowest BCUT2D eigenvalue weighted by Crippen LogP contribution is -2.39. The zero-order valence-electron chi connectivity index (χ0n) is 16.2. The third-order valence-corrected chi connectivity index (χ3v) is 5.48. The number of carbonyl (C=O) groups excluding carboxylic acids is 1. The molecule has 0 radical (unpaired) electrons. The van der Waals surface area contributed by atoms with Crippen LogP contribution in [0.4, 0.5) is 8.78 Å². The molecule has 1 aromatic heterocycles. The summed E-state index contributed by atoms with van der Waals surface area (Å²) in [6.45, 7) is 3.25. The van der Waals surface area contributed by atoms with E-state index in [-0.39, 0.29) is 29.6 Å². The number of rotatable bonds is 4. The molecule has 2 heterocycles. The van der Waals surface area contributed by atoms with Gasteiger partial charge in [0, 0.05) is 24.6 Å². The Hall–Kier alpha value is -3.09. The highest BCUT2D eigenvalue weighted by Crippen LogP contribution is 2.29. The van der Waals surface area contributed by atoms with Crippen LogP contribution in [0.3, 0.4) is 0 Å². The summed E-state index contributed by atoms with van der Waals surface area (Å²) in [4.78, 5) is 14.7. The standard InChI is InChI=1S/C22H22F2N4O/c1-15-6-2-3-8-17(15)16-7-5-11-27(12-16)22(29)21-14-28(26-25-21)13-18-19(23)9-4-10-20(18)24/h2-4,6,8-10,14,16H,5,7,11-13H2,1H3/t16-/m1/s1. The van der Waals surface area contributed by atoms with Crippen LogP contribution in [0.5, 0.6) is 0 Å². The van der Waals surface area contributed by atoms with Crippen LogP contribution >= 0.6 is 0 Å². The van der Waals surface area contributed by atoms with Gasteiger partial charge in [-0.05, 0) is 43.0 Å². The highest BCUT2D eigenvalue weighted by atomic mass is 19.1. The highest BCUT2D eigenvalue weighted by molar-refractivity contribution is 5.92. The van der Waals surface area contributed by atoms with E-state index in [0.717, 1.165) is 12.8 Å². The van der Waals surface area contributed by atoms with Gasteiger partial charge in [0.1, 0.15) is 11.6 Å². The van der Waals surface area contributed by atoms with Gasteiger partial charge in [-0.3, -0.25) is 4.79 Å². The largest absolute Gasteiger partial charge is 0.337 e. The van der Waals surface area contributed by atoms with Gasteiger partial charge in [-0.25, -0.2) is 13.5 Å². The van der Waals surface area contributed by atoms with Crippen molar-refractivity contribution in [2.75, 3.05) is 13.1 Å². The lowest BCUT2D eigenvalue weighted by atomic mass is 9.88. The molecule has 1 amide bonds. The van der Waals surface area contributed by atoms with Crippen molar-refractivity contribution in [3.63, 3.8) is 0 Å². The van der Waals surface area contributed by atoms with Crippen LogP contribution in [0.25, 0.3) is 0 Å². The van der Waals surface area contributed by atoms with Crippen molar-refractivity contribution in [2.45, 2.75) is 32.2 Å². The van der Waals surface area contributed by atoms with E-state index in [0.29, 0.717) is 13.1 Å². The summed E-state index contributed by atoms with van der Waals surface area (Å²) < 4.78 is 29.0. The summed E-state index contributed by atoms with van der Waals surface area (Å²) in [5.74, 6) is -1.21. The predicted molar refractivity (Wildman–Crippen MR) is 105 cm³/mol. The molecule has 1 aliphatic heterocycles. The number of amides is 1. The maximum Gasteiger partial charge on any atom is 0.276 e. The fraction of sp³-hybridized carbons (Fsp3) is 0.318. The number of nitrogens with zero attached hydrogens (tertiary/aromatic N) is 4. The number of piperidine rings is 1. The van der Waals surface area contributed by atoms with Crippen LogP contribution in [-0.4, -0.2) is 38.9 Å². The molecule has 0 saturated carbocycles. The first-order valence-electron chi connectivity index (χ1n) is 9.70. The van der Waals surface area contributed by atoms with Gasteiger partial charge < -0.3 is 4.90 Å². The maximum absolute atomic E-state index is 13.9. The quantitative estimate of drug-likeness (QED) is 0.671. The number of aryl methyl sites for hydroxylation is 1. The number of likely N-dealkylation sites (tertiary alicyclic amines) is 1. The molecule has 0 unspecified atom stereocenters. The molecule has 4 rings (SSSR count). The van der Waals surface area contributed by atoms with Gasteiger partial charge in [0.25, 0.3) is 5.91 Å². The summed E-state index contributed by atoms with van der Waals surface area (Å²) in [5.41, 5.74) is 2.58. The first-order valence-corrected chi connectivity index (χ1v) is 9.70. The molecule has 0 N–H and O–H groups in total. The molecule has 0 aliphatic carbocycles. The summed E-state index contributed by atoms with van der Waals surface area (Å²) >= 11 is 0. The molecule has 150 valence electrons. The molecule has 5 nitrogen and oxygen atoms in total. The lowest BCUT2D eigenvalue weighted by Gasteiger charge is -2.33. The second-order valence-electron chi connectivity index (χ2n) is 7.45. The van der Waals surface area contributed by atoms with Gasteiger partial charge >= 0.3 is 0 Å². The van der Waals surface area contributed by atoms with Crippen LogP contribution in [0.2, 0.25) is 0 Å². The second-order valence-corrected chi connectivity index (χ2v) is 7.45. The molecular formula is C22H22F2N4O. The van der Waals surface area contributed by atoms with E-state index in [9.17, 15) is 13.6 Å². The number of aromatic nitrogens is 3. The SMILES string of the molecule is Cc1ccccc1[C@@H]1CCCN(C(=O)c2cn(Cc3c(F)cccc3F)nn2)C1. The van der Waals surface area contributed by atoms with Gasteiger partial charge in [-0.15, -0.1) is 5.10 Å². The average Bonchev–Trinajstić information content (AvgIpc) is 3.19. The zero-order chi connectivity index (χ0) is 20.4. The van der Waals surface area contributed by atoms with Crippen molar-refractivity contribution in [1.29, 1.82) is 0 Å². The minimum atomic E-state index is -0.648. The van der Waals surface area contributed by atoms with Crippen molar-refractivity contribution in [3.05, 3.63) is 82.7 Å². The van der Waals surface area contributed by atoms with Gasteiger partial charge in [0.15, 0.2) is 5.69 Å². The molecule has 1 atom stereocenters. The van der Waals surface area contributed by atoms with Crippen LogP contribution < -0.4 is 0 Å². The van der Waals surface area contributed by atoms with E-state index >= 15 is 0 Å². The average molecular weight is 396 g/mol. The van der Waals surface area contributed by atoms with Crippen molar-refractivity contribution in [3.8, 4) is 0 Å². The van der Waals surface area contributed by atoms with Crippen LogP contribution in [-0.2, 0) is 6.54 Å². The van der Waals surface area contributed by atoms with E-state index in [4.69, 9.17) is 0 Å². The number of halogens is 2. The van der Waals surface area contributed by atoms with Crippen molar-refractivity contribution in [1.82, 2.24) is 19.9 Å². The van der Waals surface area contributed by atoms with Gasteiger partial charge in [-0.2, -0.15) is 0 Å². The highest BCUT2D eigenvalue weighted by Gasteiger charge is 2.27. The van der Waals surface area contributed by atoms with Gasteiger partial charge in [0.2, 0.25) is 0 Å². The van der Waals surface area contributed by atoms with Gasteiger partial charge in [-0.1, -0.05) is 35.5 Å². The Kier molecular flexibility index (Phi) is 5.38. The van der Waals surface area contributed by atoms with Crippen LogP contribution in [0, 0.1) is 18.6 Å². The molecule has 29 heavy (non-hydrogen) atoms. The topological polar surface area (TPSA) is 51.0 Å². The summed E-state index contributed by atoms with van der Waals surface area (Å²) in [6.07, 6.45) is 3.40. The Labute approximate surface area is 168 Å². The maximum atomic E-state index is 13.9. The predicted octanol–water partition coefficient (Wildman–Crippen LogP) is 3.93. The smallest absolute Gasteiger partial charge is 0.276 e. The summed E-state index contributed by atoms with van der Waals surface area (Å²) in [7, 11) is 0. The fourth-order valence-electron chi connectivity index (χ4n) is 3.94. The number of benzene rings is 2. The minimum absolute atomic E-state index is 0.103. The summed E-state index contributed by atoms with van der Waals surface area (Å²) in [6, 6.07) is 11.9. The molecular weight excluding hydrogens is 374 g/mol. The van der Waals surface area contributed by atoms with E-state index in [1.54, 1.807) is 4.90 Å². The van der Waals surface area contributed by atoms with Crippen molar-refractivity contribution >= 4 is 5.91 Å². The Morgan fingerprint density at radius 2 is 1.90 bits per heavy atom. The van der Waals surface area contributed by atoms with Crippen molar-refractivity contribution in [2.24, 2.45) is 0 Å². The number of hydrogen-bond donors (Lipinski definition) is 0. The molecule has 2 aromatic carbocycles. The minimum Gasteiger partial charge on any atom is -0.337 e. The molecule has 7 heteroatoms. The Morgan fingerprint density at radius 1 is 1.14 bits per heavy atom. The lowest BCUT2D eigenvalue weighted by molar-refractivity contribution is 0.0700. The third-order valence-electron chi connectivity index (χ3n) is 5.48. The van der Waals surface area contributed by atoms with Gasteiger partial charge in [0.05, 0.1) is 12.7 Å². The zero-order valence-corrected chi connectivity index (χ0v) is 16.2. The van der Waals surface area contributed by atoms with Crippen LogP contribution in [0.1, 0.15) is 45.9 Å². The molecule has 1 fully saturated rings. The van der Waals surface area contributed by atoms with E-state index < -0.39 is 11.6 Å². The van der Waals surface area contributed by atoms with Crippen molar-refractivity contribution < 1.29 is 13.6 Å². The first-order chi connectivity index (χ1) is 14.0. The second kappa shape index (κ2) is 8.11. The normalized spacial score (nSPS) is 16.8. The fourth-order valence-corrected chi connectivity index (χ4v) is 3.94. The molecule has 0 spiro atoms. The first kappa shape index (κ1) is 19.2. The Balaban J connectivity index is 1.48. The van der Waals surface area contributed by atoms with E-state index in [1.165, 1.54) is 40.2 Å². The van der Waals surface area contributed by atoms with Crippen LogP contribution in [0.15, 0.2) is 48.7 Å². The summed E-state index contributed by atoms with van der Waals surface area (Å²) in [5, 5.41) is 7.83. The molecule has 3 aromatic rings. The Bertz CT molecular complexity index is 1010. The van der Waals surface area contributed by atoms with E-state index in [2.05, 4.69) is 29.4 Å². The molecule has 1 saturated heterocycles. The number of hydrogen-bond acceptors (Lipinski definition) is 3. The number of carbonyl (C=O) groups is 1. The Morgan fingerprint density at radius 3 is 2.66 bits per heavy atom. The van der Waals surface area contributed by atoms with E-state index in [1.807, 2.05) is 12.1 Å². The third kappa shape index (κ3) is 4.04.